The lowest BCUT2D eigenvalue weighted by atomic mass is 10.3. The molecule has 1 N–H and O–H groups in total. The second-order valence-electron chi connectivity index (χ2n) is 2.56. The molecule has 0 aliphatic heterocycles. The van der Waals surface area contributed by atoms with Crippen LogP contribution in [0.5, 0.6) is 0 Å². The lowest BCUT2D eigenvalue weighted by molar-refractivity contribution is 0.242. The number of carbonyl (C=O) groups excluding carboxylic acids is 1. The minimum Gasteiger partial charge on any atom is -0.337 e. The van der Waals surface area contributed by atoms with Crippen molar-refractivity contribution in [3.63, 3.8) is 0 Å². The van der Waals surface area contributed by atoms with Crippen LogP contribution in [0.2, 0.25) is 0 Å². The molecule has 0 unspecified atom stereocenters. The summed E-state index contributed by atoms with van der Waals surface area (Å²) in [5.41, 5.74) is 0. The van der Waals surface area contributed by atoms with Crippen LogP contribution in [0.1, 0.15) is 47.5 Å². The van der Waals surface area contributed by atoms with Crippen LogP contribution < -0.4 is 5.32 Å². The van der Waals surface area contributed by atoms with Gasteiger partial charge >= 0.3 is 6.03 Å². The molecule has 0 bridgehead atoms. The van der Waals surface area contributed by atoms with Crippen LogP contribution in [-0.4, -0.2) is 22.1 Å². The molecule has 16 heavy (non-hydrogen) atoms. The molecule has 1 heterocycles. The van der Waals surface area contributed by atoms with Crippen LogP contribution in [0.3, 0.4) is 0 Å². The number of hydrogen-bond donors (Lipinski definition) is 1. The Balaban J connectivity index is 0. The second kappa shape index (κ2) is 13.7. The normalized spacial score (nSPS) is 8.06. The van der Waals surface area contributed by atoms with Gasteiger partial charge in [-0.15, -0.1) is 0 Å². The third-order valence-electron chi connectivity index (χ3n) is 1.55. The number of aromatic nitrogens is 2. The van der Waals surface area contributed by atoms with Gasteiger partial charge in [0.1, 0.15) is 6.33 Å². The van der Waals surface area contributed by atoms with E-state index in [1.165, 1.54) is 10.9 Å². The Kier molecular flexibility index (Phi) is 14.6. The van der Waals surface area contributed by atoms with Gasteiger partial charge < -0.3 is 5.32 Å². The zero-order valence-corrected chi connectivity index (χ0v) is 11.2. The number of carbonyl (C=O) groups is 1. The largest absolute Gasteiger partial charge is 0.337 e. The highest BCUT2D eigenvalue weighted by Gasteiger charge is 1.99. The average molecular weight is 227 g/mol. The molecular formula is C12H25N3O. The fourth-order valence-electron chi connectivity index (χ4n) is 0.843. The van der Waals surface area contributed by atoms with E-state index in [9.17, 15) is 4.79 Å². The Bertz CT molecular complexity index is 232. The van der Waals surface area contributed by atoms with Crippen molar-refractivity contribution in [2.24, 2.45) is 0 Å². The fourth-order valence-corrected chi connectivity index (χ4v) is 0.843. The second-order valence-corrected chi connectivity index (χ2v) is 2.56. The maximum Gasteiger partial charge on any atom is 0.326 e. The van der Waals surface area contributed by atoms with Crippen molar-refractivity contribution in [1.82, 2.24) is 14.9 Å². The van der Waals surface area contributed by atoms with Crippen LogP contribution in [0.15, 0.2) is 18.7 Å². The van der Waals surface area contributed by atoms with Crippen molar-refractivity contribution < 1.29 is 4.79 Å². The first kappa shape index (κ1) is 17.1. The minimum atomic E-state index is -0.110. The van der Waals surface area contributed by atoms with Gasteiger partial charge in [0.05, 0.1) is 0 Å². The van der Waals surface area contributed by atoms with Gasteiger partial charge in [0, 0.05) is 18.9 Å². The number of unbranched alkanes of at least 4 members (excludes halogenated alkanes) is 1. The maximum absolute atomic E-state index is 11.2. The SMILES string of the molecule is CC.CC.CCCCNC(=O)n1ccnc1. The van der Waals surface area contributed by atoms with Crippen LogP contribution in [0.25, 0.3) is 0 Å². The Hall–Kier alpha value is -1.32. The molecule has 0 aromatic carbocycles. The molecule has 0 saturated carbocycles. The summed E-state index contributed by atoms with van der Waals surface area (Å²) >= 11 is 0. The highest BCUT2D eigenvalue weighted by Crippen LogP contribution is 1.86. The first-order chi connectivity index (χ1) is 7.84. The first-order valence-electron chi connectivity index (χ1n) is 6.10. The van der Waals surface area contributed by atoms with Crippen molar-refractivity contribution in [2.45, 2.75) is 47.5 Å². The van der Waals surface area contributed by atoms with E-state index in [0.717, 1.165) is 19.4 Å². The van der Waals surface area contributed by atoms with Crippen molar-refractivity contribution >= 4 is 6.03 Å². The number of imidazole rings is 1. The zero-order chi connectivity index (χ0) is 12.8. The van der Waals surface area contributed by atoms with E-state index in [1.54, 1.807) is 12.4 Å². The summed E-state index contributed by atoms with van der Waals surface area (Å²) in [7, 11) is 0. The van der Waals surface area contributed by atoms with E-state index in [4.69, 9.17) is 0 Å². The van der Waals surface area contributed by atoms with Gasteiger partial charge in [-0.05, 0) is 6.42 Å². The maximum atomic E-state index is 11.2. The van der Waals surface area contributed by atoms with E-state index in [2.05, 4.69) is 17.2 Å². The van der Waals surface area contributed by atoms with E-state index in [-0.39, 0.29) is 6.03 Å². The molecular weight excluding hydrogens is 202 g/mol. The molecule has 4 nitrogen and oxygen atoms in total. The molecule has 1 rings (SSSR count). The fraction of sp³-hybridized carbons (Fsp3) is 0.667. The molecule has 0 radical (unpaired) electrons. The Morgan fingerprint density at radius 1 is 1.31 bits per heavy atom. The van der Waals surface area contributed by atoms with Gasteiger partial charge in [-0.2, -0.15) is 0 Å². The zero-order valence-electron chi connectivity index (χ0n) is 11.2. The number of nitrogens with one attached hydrogen (secondary N) is 1. The molecule has 0 saturated heterocycles. The quantitative estimate of drug-likeness (QED) is 0.805. The van der Waals surface area contributed by atoms with Crippen molar-refractivity contribution in [2.75, 3.05) is 6.54 Å². The van der Waals surface area contributed by atoms with Gasteiger partial charge in [0.2, 0.25) is 0 Å². The van der Waals surface area contributed by atoms with Gasteiger partial charge in [-0.3, -0.25) is 4.57 Å². The predicted octanol–water partition coefficient (Wildman–Crippen LogP) is 3.29. The molecule has 1 aromatic rings. The lowest BCUT2D eigenvalue weighted by Crippen LogP contribution is -2.28. The number of nitrogens with zero attached hydrogens (tertiary/aromatic N) is 2. The van der Waals surface area contributed by atoms with Crippen LogP contribution in [0, 0.1) is 0 Å². The molecule has 0 aliphatic carbocycles. The number of amides is 1. The minimum absolute atomic E-state index is 0.110. The molecule has 0 fully saturated rings. The highest BCUT2D eigenvalue weighted by molar-refractivity contribution is 5.76. The van der Waals surface area contributed by atoms with Crippen molar-refractivity contribution in [3.05, 3.63) is 18.7 Å². The lowest BCUT2D eigenvalue weighted by Gasteiger charge is -2.02. The summed E-state index contributed by atoms with van der Waals surface area (Å²) in [5.74, 6) is 0. The monoisotopic (exact) mass is 227 g/mol. The summed E-state index contributed by atoms with van der Waals surface area (Å²) in [4.78, 5) is 15.0. The molecule has 0 spiro atoms. The van der Waals surface area contributed by atoms with Crippen LogP contribution in [0.4, 0.5) is 4.79 Å². The van der Waals surface area contributed by atoms with Gasteiger partial charge in [-0.25, -0.2) is 9.78 Å². The Morgan fingerprint density at radius 2 is 1.94 bits per heavy atom. The Labute approximate surface area is 99.1 Å². The molecule has 0 aliphatic rings. The van der Waals surface area contributed by atoms with E-state index in [0.29, 0.717) is 0 Å². The van der Waals surface area contributed by atoms with Crippen molar-refractivity contribution in [3.8, 4) is 0 Å². The van der Waals surface area contributed by atoms with Crippen LogP contribution >= 0.6 is 0 Å². The van der Waals surface area contributed by atoms with E-state index >= 15 is 0 Å². The molecule has 1 amide bonds. The topological polar surface area (TPSA) is 46.9 Å². The predicted molar refractivity (Wildman–Crippen MR) is 68.6 cm³/mol. The van der Waals surface area contributed by atoms with Crippen LogP contribution in [-0.2, 0) is 0 Å². The smallest absolute Gasteiger partial charge is 0.326 e. The van der Waals surface area contributed by atoms with Crippen molar-refractivity contribution in [1.29, 1.82) is 0 Å². The summed E-state index contributed by atoms with van der Waals surface area (Å²) in [6.45, 7) is 10.8. The van der Waals surface area contributed by atoms with Gasteiger partial charge in [-0.1, -0.05) is 41.0 Å². The standard InChI is InChI=1S/C8H13N3O.2C2H6/c1-2-3-4-10-8(12)11-6-5-9-7-11;2*1-2/h5-7H,2-4H2,1H3,(H,10,12);2*1-2H3. The first-order valence-corrected chi connectivity index (χ1v) is 6.10. The molecule has 94 valence electrons. The van der Waals surface area contributed by atoms with Gasteiger partial charge in [0.25, 0.3) is 0 Å². The third kappa shape index (κ3) is 8.03. The third-order valence-corrected chi connectivity index (χ3v) is 1.55. The average Bonchev–Trinajstić information content (AvgIpc) is 2.88. The van der Waals surface area contributed by atoms with Gasteiger partial charge in [0.15, 0.2) is 0 Å². The summed E-state index contributed by atoms with van der Waals surface area (Å²) < 4.78 is 1.43. The summed E-state index contributed by atoms with van der Waals surface area (Å²) in [5, 5.41) is 2.77. The molecule has 4 heteroatoms. The van der Waals surface area contributed by atoms with E-state index in [1.807, 2.05) is 27.7 Å². The molecule has 1 aromatic heterocycles. The number of hydrogen-bond acceptors (Lipinski definition) is 2. The highest BCUT2D eigenvalue weighted by atomic mass is 16.2. The number of rotatable bonds is 3. The Morgan fingerprint density at radius 3 is 2.38 bits per heavy atom. The summed E-state index contributed by atoms with van der Waals surface area (Å²) in [6.07, 6.45) is 6.80. The summed E-state index contributed by atoms with van der Waals surface area (Å²) in [6, 6.07) is -0.110. The molecule has 0 atom stereocenters. The van der Waals surface area contributed by atoms with E-state index < -0.39 is 0 Å².